The summed E-state index contributed by atoms with van der Waals surface area (Å²) in [6.07, 6.45) is 0. The number of nitrogens with one attached hydrogen (secondary N) is 2. The minimum absolute atomic E-state index is 0.0534. The Kier molecular flexibility index (Phi) is 7.05. The Morgan fingerprint density at radius 2 is 1.93 bits per heavy atom. The number of hydrogen-bond acceptors (Lipinski definition) is 3. The zero-order chi connectivity index (χ0) is 20.1. The van der Waals surface area contributed by atoms with Crippen LogP contribution in [-0.2, 0) is 4.79 Å². The van der Waals surface area contributed by atoms with Crippen molar-refractivity contribution in [3.63, 3.8) is 0 Å². The summed E-state index contributed by atoms with van der Waals surface area (Å²) in [6, 6.07) is 13.0. The molecule has 0 radical (unpaired) electrons. The van der Waals surface area contributed by atoms with Crippen LogP contribution in [0.4, 0.5) is 11.4 Å². The van der Waals surface area contributed by atoms with E-state index in [0.717, 1.165) is 37.6 Å². The molecule has 0 saturated carbocycles. The molecule has 3 rings (SSSR count). The summed E-state index contributed by atoms with van der Waals surface area (Å²) < 4.78 is 5.75. The van der Waals surface area contributed by atoms with E-state index in [1.54, 1.807) is 18.2 Å². The molecule has 1 amide bonds. The third-order valence-corrected chi connectivity index (χ3v) is 5.67. The van der Waals surface area contributed by atoms with E-state index in [1.165, 1.54) is 4.90 Å². The fourth-order valence-corrected chi connectivity index (χ4v) is 3.82. The highest BCUT2D eigenvalue weighted by Crippen LogP contribution is 2.28. The van der Waals surface area contributed by atoms with Gasteiger partial charge in [0, 0.05) is 5.02 Å². The van der Waals surface area contributed by atoms with Crippen molar-refractivity contribution in [1.82, 2.24) is 0 Å². The highest BCUT2D eigenvalue weighted by Gasteiger charge is 2.30. The third-order valence-electron chi connectivity index (χ3n) is 5.10. The summed E-state index contributed by atoms with van der Waals surface area (Å²) in [5, 5.41) is 3.93. The Hall–Kier alpha value is -1.95. The van der Waals surface area contributed by atoms with Gasteiger partial charge in [0.25, 0.3) is 5.91 Å². The molecule has 1 fully saturated rings. The van der Waals surface area contributed by atoms with Gasteiger partial charge in [-0.2, -0.15) is 0 Å². The van der Waals surface area contributed by atoms with E-state index in [2.05, 4.69) is 16.3 Å². The summed E-state index contributed by atoms with van der Waals surface area (Å²) in [5.41, 5.74) is 1.67. The van der Waals surface area contributed by atoms with Crippen LogP contribution in [0.1, 0.15) is 13.8 Å². The molecule has 1 aliphatic rings. The zero-order valence-corrected chi connectivity index (χ0v) is 17.7. The lowest BCUT2D eigenvalue weighted by Gasteiger charge is -2.36. The minimum Gasteiger partial charge on any atom is -0.492 e. The van der Waals surface area contributed by atoms with Gasteiger partial charge in [-0.15, -0.1) is 0 Å². The van der Waals surface area contributed by atoms with E-state index >= 15 is 0 Å². The third kappa shape index (κ3) is 4.90. The number of amides is 1. The number of carbonyl (C=O) groups excluding carboxylic acids is 1. The minimum atomic E-state index is -0.181. The van der Waals surface area contributed by atoms with Crippen molar-refractivity contribution in [3.05, 3.63) is 52.5 Å². The monoisotopic (exact) mass is 422 g/mol. The van der Waals surface area contributed by atoms with Crippen LogP contribution in [0.15, 0.2) is 42.5 Å². The average molecular weight is 423 g/mol. The summed E-state index contributed by atoms with van der Waals surface area (Å²) in [5.74, 6) is 0.858. The standard InChI is InChI=1S/C21H25Cl2N3O2/c1-3-28-20-7-5-4-6-19(20)26-12-10-25(11-13-26)15(2)21(27)24-18-14-16(22)8-9-17(18)23/h4-9,14-15H,3,10-13H2,1-2H3,(H,24,27)/p+1/t15-/m1/s1. The number of para-hydroxylation sites is 2. The van der Waals surface area contributed by atoms with E-state index in [-0.39, 0.29) is 11.9 Å². The van der Waals surface area contributed by atoms with Crippen LogP contribution >= 0.6 is 23.2 Å². The van der Waals surface area contributed by atoms with Gasteiger partial charge < -0.3 is 19.9 Å². The Morgan fingerprint density at radius 1 is 1.21 bits per heavy atom. The topological polar surface area (TPSA) is 46.0 Å². The number of anilines is 2. The molecule has 7 heteroatoms. The average Bonchev–Trinajstić information content (AvgIpc) is 2.71. The lowest BCUT2D eigenvalue weighted by atomic mass is 10.2. The van der Waals surface area contributed by atoms with Gasteiger partial charge in [-0.05, 0) is 44.2 Å². The molecular formula is C21H26Cl2N3O2+. The number of halogens is 2. The highest BCUT2D eigenvalue weighted by molar-refractivity contribution is 6.35. The predicted octanol–water partition coefficient (Wildman–Crippen LogP) is 3.12. The zero-order valence-electron chi connectivity index (χ0n) is 16.2. The van der Waals surface area contributed by atoms with Crippen molar-refractivity contribution in [1.29, 1.82) is 0 Å². The number of ether oxygens (including phenoxy) is 1. The van der Waals surface area contributed by atoms with Crippen LogP contribution in [0.2, 0.25) is 10.0 Å². The maximum absolute atomic E-state index is 12.7. The number of quaternary nitrogens is 1. The Balaban J connectivity index is 1.60. The molecule has 5 nitrogen and oxygen atoms in total. The van der Waals surface area contributed by atoms with Gasteiger partial charge in [-0.25, -0.2) is 0 Å². The van der Waals surface area contributed by atoms with E-state index < -0.39 is 0 Å². The van der Waals surface area contributed by atoms with Crippen molar-refractivity contribution in [2.45, 2.75) is 19.9 Å². The smallest absolute Gasteiger partial charge is 0.282 e. The molecule has 1 atom stereocenters. The first kappa shape index (κ1) is 20.8. The van der Waals surface area contributed by atoms with E-state index in [1.807, 2.05) is 32.0 Å². The van der Waals surface area contributed by atoms with Gasteiger partial charge in [0.15, 0.2) is 6.04 Å². The fourth-order valence-electron chi connectivity index (χ4n) is 3.48. The maximum Gasteiger partial charge on any atom is 0.282 e. The molecule has 2 aromatic rings. The number of piperazine rings is 1. The van der Waals surface area contributed by atoms with Crippen LogP contribution < -0.4 is 19.9 Å². The number of hydrogen-bond donors (Lipinski definition) is 2. The van der Waals surface area contributed by atoms with Gasteiger partial charge in [0.2, 0.25) is 0 Å². The van der Waals surface area contributed by atoms with E-state index in [4.69, 9.17) is 27.9 Å². The van der Waals surface area contributed by atoms with Gasteiger partial charge in [-0.1, -0.05) is 35.3 Å². The molecule has 150 valence electrons. The van der Waals surface area contributed by atoms with Crippen molar-refractivity contribution < 1.29 is 14.4 Å². The summed E-state index contributed by atoms with van der Waals surface area (Å²) in [4.78, 5) is 16.3. The van der Waals surface area contributed by atoms with Crippen LogP contribution in [-0.4, -0.2) is 44.7 Å². The molecule has 0 spiro atoms. The molecule has 1 heterocycles. The molecule has 0 aliphatic carbocycles. The molecule has 1 aliphatic heterocycles. The van der Waals surface area contributed by atoms with Crippen molar-refractivity contribution in [3.8, 4) is 5.75 Å². The first-order valence-corrected chi connectivity index (χ1v) is 10.3. The lowest BCUT2D eigenvalue weighted by Crippen LogP contribution is -3.19. The van der Waals surface area contributed by atoms with Gasteiger partial charge in [-0.3, -0.25) is 4.79 Å². The first-order valence-electron chi connectivity index (χ1n) is 9.57. The van der Waals surface area contributed by atoms with Crippen molar-refractivity contribution in [2.24, 2.45) is 0 Å². The van der Waals surface area contributed by atoms with E-state index in [0.29, 0.717) is 22.3 Å². The van der Waals surface area contributed by atoms with E-state index in [9.17, 15) is 4.79 Å². The summed E-state index contributed by atoms with van der Waals surface area (Å²) in [7, 11) is 0. The lowest BCUT2D eigenvalue weighted by molar-refractivity contribution is -0.914. The molecule has 2 N–H and O–H groups in total. The van der Waals surface area contributed by atoms with Crippen LogP contribution in [0.3, 0.4) is 0 Å². The van der Waals surface area contributed by atoms with Gasteiger partial charge in [0.05, 0.1) is 49.2 Å². The quantitative estimate of drug-likeness (QED) is 0.751. The van der Waals surface area contributed by atoms with Gasteiger partial charge >= 0.3 is 0 Å². The van der Waals surface area contributed by atoms with Crippen LogP contribution in [0.5, 0.6) is 5.75 Å². The summed E-state index contributed by atoms with van der Waals surface area (Å²) >= 11 is 12.2. The normalized spacial score (nSPS) is 15.9. The Morgan fingerprint density at radius 3 is 2.64 bits per heavy atom. The number of nitrogens with zero attached hydrogens (tertiary/aromatic N) is 1. The van der Waals surface area contributed by atoms with Crippen molar-refractivity contribution in [2.75, 3.05) is 43.0 Å². The molecular weight excluding hydrogens is 397 g/mol. The molecule has 0 bridgehead atoms. The van der Waals surface area contributed by atoms with Crippen LogP contribution in [0.25, 0.3) is 0 Å². The van der Waals surface area contributed by atoms with Crippen molar-refractivity contribution >= 4 is 40.5 Å². The number of rotatable bonds is 6. The van der Waals surface area contributed by atoms with Gasteiger partial charge in [0.1, 0.15) is 5.75 Å². The Bertz CT molecular complexity index is 823. The molecule has 0 aromatic heterocycles. The summed E-state index contributed by atoms with van der Waals surface area (Å²) in [6.45, 7) is 8.07. The molecule has 1 saturated heterocycles. The molecule has 2 aromatic carbocycles. The fraction of sp³-hybridized carbons (Fsp3) is 0.381. The molecule has 28 heavy (non-hydrogen) atoms. The second-order valence-electron chi connectivity index (χ2n) is 6.88. The number of carbonyl (C=O) groups is 1. The molecule has 0 unspecified atom stereocenters. The highest BCUT2D eigenvalue weighted by atomic mass is 35.5. The largest absolute Gasteiger partial charge is 0.492 e. The first-order chi connectivity index (χ1) is 13.5. The second kappa shape index (κ2) is 9.50. The number of benzene rings is 2. The Labute approximate surface area is 176 Å². The van der Waals surface area contributed by atoms with Crippen LogP contribution in [0, 0.1) is 0 Å². The second-order valence-corrected chi connectivity index (χ2v) is 7.72. The maximum atomic E-state index is 12.7. The SMILES string of the molecule is CCOc1ccccc1N1CC[NH+]([C@H](C)C(=O)Nc2cc(Cl)ccc2Cl)CC1. The predicted molar refractivity (Wildman–Crippen MR) is 115 cm³/mol.